The molecule has 0 N–H and O–H groups in total. The lowest BCUT2D eigenvalue weighted by Gasteiger charge is -2.29. The van der Waals surface area contributed by atoms with Crippen molar-refractivity contribution in [3.63, 3.8) is 0 Å². The lowest BCUT2D eigenvalue weighted by atomic mass is 9.81. The summed E-state index contributed by atoms with van der Waals surface area (Å²) in [7, 11) is 0. The summed E-state index contributed by atoms with van der Waals surface area (Å²) in [5.74, 6) is 0.601. The fourth-order valence-electron chi connectivity index (χ4n) is 2.41. The molecule has 0 aromatic rings. The lowest BCUT2D eigenvalue weighted by molar-refractivity contribution is 0.418. The van der Waals surface area contributed by atoms with Gasteiger partial charge in [-0.25, -0.2) is 0 Å². The molecule has 2 atom stereocenters. The first kappa shape index (κ1) is 11.1. The van der Waals surface area contributed by atoms with Gasteiger partial charge in [-0.1, -0.05) is 44.6 Å². The second kappa shape index (κ2) is 3.55. The number of thioether (sulfide) groups is 1. The van der Waals surface area contributed by atoms with Gasteiger partial charge in [-0.15, -0.1) is 11.8 Å². The molecule has 1 aliphatic heterocycles. The van der Waals surface area contributed by atoms with Gasteiger partial charge in [0.2, 0.25) is 0 Å². The largest absolute Gasteiger partial charge is 0.121 e. The molecule has 0 spiro atoms. The van der Waals surface area contributed by atoms with Gasteiger partial charge >= 0.3 is 0 Å². The van der Waals surface area contributed by atoms with Crippen LogP contribution in [0.1, 0.15) is 34.6 Å². The Bertz CT molecular complexity index is 359. The van der Waals surface area contributed by atoms with E-state index in [1.165, 1.54) is 5.57 Å². The van der Waals surface area contributed by atoms with E-state index in [1.54, 1.807) is 10.5 Å². The maximum Gasteiger partial charge on any atom is 0.0361 e. The summed E-state index contributed by atoms with van der Waals surface area (Å²) in [5.41, 5.74) is 3.51. The van der Waals surface area contributed by atoms with E-state index in [4.69, 9.17) is 0 Å². The van der Waals surface area contributed by atoms with Gasteiger partial charge in [-0.05, 0) is 29.7 Å². The molecule has 2 unspecified atom stereocenters. The maximum atomic E-state index is 2.35. The molecule has 0 aromatic heterocycles. The van der Waals surface area contributed by atoms with Crippen LogP contribution in [0, 0.1) is 11.3 Å². The highest BCUT2D eigenvalue weighted by Gasteiger charge is 2.41. The molecule has 15 heavy (non-hydrogen) atoms. The van der Waals surface area contributed by atoms with E-state index in [1.807, 2.05) is 0 Å². The number of hydrogen-bond donors (Lipinski definition) is 0. The van der Waals surface area contributed by atoms with Gasteiger partial charge in [0.25, 0.3) is 0 Å². The van der Waals surface area contributed by atoms with E-state index >= 15 is 0 Å². The summed E-state index contributed by atoms with van der Waals surface area (Å²) in [6.07, 6.45) is 6.83. The van der Waals surface area contributed by atoms with E-state index in [-0.39, 0.29) is 0 Å². The Morgan fingerprint density at radius 1 is 1.27 bits per heavy atom. The number of rotatable bonds is 0. The Morgan fingerprint density at radius 2 is 1.93 bits per heavy atom. The van der Waals surface area contributed by atoms with Crippen LogP contribution in [0.2, 0.25) is 0 Å². The van der Waals surface area contributed by atoms with E-state index in [0.29, 0.717) is 16.6 Å². The lowest BCUT2D eigenvalue weighted by Crippen LogP contribution is -2.24. The molecule has 1 heteroatoms. The van der Waals surface area contributed by atoms with E-state index in [9.17, 15) is 0 Å². The topological polar surface area (TPSA) is 0 Å². The second-order valence-electron chi connectivity index (χ2n) is 5.75. The zero-order valence-corrected chi connectivity index (χ0v) is 11.1. The molecular formula is C14H20S. The highest BCUT2D eigenvalue weighted by molar-refractivity contribution is 8.04. The summed E-state index contributed by atoms with van der Waals surface area (Å²) < 4.78 is 0. The standard InChI is InChI=1S/C14H20S/c1-9(2)12-10-7-6-8-11(10)15-13(12)14(3,4)5/h6-8,10,13H,1-5H3. The number of allylic oxidation sites excluding steroid dienone is 5. The van der Waals surface area contributed by atoms with Crippen LogP contribution < -0.4 is 0 Å². The Kier molecular flexibility index (Phi) is 2.62. The summed E-state index contributed by atoms with van der Waals surface area (Å²) in [6.45, 7) is 11.5. The minimum atomic E-state index is 0.357. The average Bonchev–Trinajstić information content (AvgIpc) is 2.56. The highest BCUT2D eigenvalue weighted by atomic mass is 32.2. The molecule has 0 nitrogen and oxygen atoms in total. The second-order valence-corrected chi connectivity index (χ2v) is 6.93. The molecule has 1 saturated heterocycles. The molecule has 1 fully saturated rings. The zero-order valence-electron chi connectivity index (χ0n) is 10.3. The summed E-state index contributed by atoms with van der Waals surface area (Å²) in [6, 6.07) is 0. The predicted octanol–water partition coefficient (Wildman–Crippen LogP) is 4.55. The molecule has 82 valence electrons. The fraction of sp³-hybridized carbons (Fsp3) is 0.571. The predicted molar refractivity (Wildman–Crippen MR) is 69.9 cm³/mol. The third kappa shape index (κ3) is 1.82. The Morgan fingerprint density at radius 3 is 2.47 bits per heavy atom. The van der Waals surface area contributed by atoms with Crippen LogP contribution in [-0.2, 0) is 0 Å². The Balaban J connectivity index is 2.42. The minimum Gasteiger partial charge on any atom is -0.121 e. The third-order valence-corrected chi connectivity index (χ3v) is 4.96. The molecule has 2 aliphatic rings. The molecule has 0 saturated carbocycles. The van der Waals surface area contributed by atoms with Crippen molar-refractivity contribution < 1.29 is 0 Å². The van der Waals surface area contributed by atoms with Gasteiger partial charge in [0.05, 0.1) is 0 Å². The van der Waals surface area contributed by atoms with Crippen LogP contribution in [0.25, 0.3) is 0 Å². The Labute approximate surface area is 97.5 Å². The van der Waals surface area contributed by atoms with Gasteiger partial charge in [-0.3, -0.25) is 0 Å². The van der Waals surface area contributed by atoms with Gasteiger partial charge in [-0.2, -0.15) is 0 Å². The zero-order chi connectivity index (χ0) is 11.2. The molecule has 1 heterocycles. The van der Waals surface area contributed by atoms with Crippen molar-refractivity contribution in [3.8, 4) is 0 Å². The minimum absolute atomic E-state index is 0.357. The summed E-state index contributed by atoms with van der Waals surface area (Å²) in [5, 5.41) is 0.656. The van der Waals surface area contributed by atoms with Crippen molar-refractivity contribution in [3.05, 3.63) is 34.3 Å². The number of fused-ring (bicyclic) bond motifs is 1. The molecule has 0 bridgehead atoms. The summed E-state index contributed by atoms with van der Waals surface area (Å²) >= 11 is 2.07. The van der Waals surface area contributed by atoms with Crippen LogP contribution in [0.15, 0.2) is 34.3 Å². The molecule has 1 aliphatic carbocycles. The van der Waals surface area contributed by atoms with Crippen molar-refractivity contribution in [1.82, 2.24) is 0 Å². The SMILES string of the molecule is CC(C)=C1C2C=CC=C2SC1C(C)(C)C. The van der Waals surface area contributed by atoms with Crippen molar-refractivity contribution >= 4 is 11.8 Å². The van der Waals surface area contributed by atoms with Crippen LogP contribution in [0.3, 0.4) is 0 Å². The van der Waals surface area contributed by atoms with E-state index in [0.717, 1.165) is 0 Å². The normalized spacial score (nSPS) is 29.4. The molecule has 0 amide bonds. The van der Waals surface area contributed by atoms with Crippen LogP contribution in [-0.4, -0.2) is 5.25 Å². The Hall–Kier alpha value is -0.430. The van der Waals surface area contributed by atoms with Crippen LogP contribution >= 0.6 is 11.8 Å². The smallest absolute Gasteiger partial charge is 0.0361 e. The van der Waals surface area contributed by atoms with Gasteiger partial charge < -0.3 is 0 Å². The fourth-order valence-corrected chi connectivity index (χ4v) is 4.05. The van der Waals surface area contributed by atoms with E-state index < -0.39 is 0 Å². The van der Waals surface area contributed by atoms with Crippen molar-refractivity contribution in [2.24, 2.45) is 11.3 Å². The van der Waals surface area contributed by atoms with Crippen molar-refractivity contribution in [2.75, 3.05) is 0 Å². The number of hydrogen-bond acceptors (Lipinski definition) is 1. The van der Waals surface area contributed by atoms with Crippen LogP contribution in [0.5, 0.6) is 0 Å². The summed E-state index contributed by atoms with van der Waals surface area (Å²) in [4.78, 5) is 1.55. The first-order chi connectivity index (χ1) is 6.91. The third-order valence-electron chi connectivity index (χ3n) is 3.11. The first-order valence-corrected chi connectivity index (χ1v) is 6.51. The highest BCUT2D eigenvalue weighted by Crippen LogP contribution is 2.55. The van der Waals surface area contributed by atoms with Crippen molar-refractivity contribution in [2.45, 2.75) is 39.9 Å². The van der Waals surface area contributed by atoms with Gasteiger partial charge in [0.1, 0.15) is 0 Å². The first-order valence-electron chi connectivity index (χ1n) is 5.63. The quantitative estimate of drug-likeness (QED) is 0.539. The molecular weight excluding hydrogens is 200 g/mol. The van der Waals surface area contributed by atoms with Gasteiger partial charge in [0.15, 0.2) is 0 Å². The average molecular weight is 220 g/mol. The maximum absolute atomic E-state index is 2.35. The molecule has 0 aromatic carbocycles. The van der Waals surface area contributed by atoms with E-state index in [2.05, 4.69) is 64.6 Å². The molecule has 2 rings (SSSR count). The van der Waals surface area contributed by atoms with Crippen molar-refractivity contribution in [1.29, 1.82) is 0 Å². The van der Waals surface area contributed by atoms with Crippen LogP contribution in [0.4, 0.5) is 0 Å². The monoisotopic (exact) mass is 220 g/mol. The van der Waals surface area contributed by atoms with Gasteiger partial charge in [0, 0.05) is 11.2 Å². The molecule has 0 radical (unpaired) electrons.